The monoisotopic (exact) mass is 478 g/mol. The van der Waals surface area contributed by atoms with Crippen molar-refractivity contribution >= 4 is 28.9 Å². The minimum Gasteiger partial charge on any atom is -0.486 e. The molecule has 0 aliphatic carbocycles. The zero-order valence-electron chi connectivity index (χ0n) is 16.1. The van der Waals surface area contributed by atoms with Gasteiger partial charge in [-0.1, -0.05) is 12.1 Å². The van der Waals surface area contributed by atoms with Crippen LogP contribution in [-0.4, -0.2) is 18.1 Å². The third-order valence-electron chi connectivity index (χ3n) is 4.25. The number of alkyl halides is 6. The summed E-state index contributed by atoms with van der Waals surface area (Å²) >= 11 is 0.833. The molecule has 1 amide bonds. The maximum atomic E-state index is 14.4. The first-order valence-corrected chi connectivity index (χ1v) is 9.60. The van der Waals surface area contributed by atoms with Crippen LogP contribution in [0.4, 0.5) is 35.5 Å². The molecule has 1 N–H and O–H groups in total. The minimum atomic E-state index is -5.06. The van der Waals surface area contributed by atoms with Crippen molar-refractivity contribution in [3.63, 3.8) is 0 Å². The molecule has 1 aliphatic rings. The second kappa shape index (κ2) is 8.85. The molecule has 2 aromatic carbocycles. The predicted molar refractivity (Wildman–Crippen MR) is 105 cm³/mol. The molecule has 0 bridgehead atoms. The number of nitrogens with one attached hydrogen (secondary N) is 1. The lowest BCUT2D eigenvalue weighted by Gasteiger charge is -2.16. The second-order valence-corrected chi connectivity index (χ2v) is 7.43. The molecule has 3 rings (SSSR count). The van der Waals surface area contributed by atoms with Gasteiger partial charge in [-0.05, 0) is 47.7 Å². The molecule has 12 heteroatoms. The molecule has 0 aromatic heterocycles. The van der Waals surface area contributed by atoms with Gasteiger partial charge in [0.05, 0.1) is 16.0 Å². The number of ether oxygens (including phenoxy) is 1. The molecule has 1 heterocycles. The SMILES string of the molecule is CNC1=NC(=O)SC1=Cc1ccc(OCc2ccc(C(F)(F)F)cc2C(F)(F)F)c(F)c1. The van der Waals surface area contributed by atoms with E-state index in [1.807, 2.05) is 0 Å². The summed E-state index contributed by atoms with van der Waals surface area (Å²) in [6.45, 7) is -0.800. The van der Waals surface area contributed by atoms with Crippen molar-refractivity contribution in [1.29, 1.82) is 0 Å². The predicted octanol–water partition coefficient (Wildman–Crippen LogP) is 6.27. The Hall–Kier alpha value is -3.02. The van der Waals surface area contributed by atoms with E-state index in [-0.39, 0.29) is 6.07 Å². The van der Waals surface area contributed by atoms with E-state index in [9.17, 15) is 35.5 Å². The Labute approximate surface area is 181 Å². The van der Waals surface area contributed by atoms with Crippen LogP contribution >= 0.6 is 11.8 Å². The molecule has 170 valence electrons. The van der Waals surface area contributed by atoms with E-state index in [1.165, 1.54) is 12.1 Å². The molecule has 0 fully saturated rings. The van der Waals surface area contributed by atoms with Crippen molar-refractivity contribution in [3.05, 3.63) is 69.4 Å². The van der Waals surface area contributed by atoms with Gasteiger partial charge in [0, 0.05) is 12.6 Å². The summed E-state index contributed by atoms with van der Waals surface area (Å²) in [5.74, 6) is -0.988. The minimum absolute atomic E-state index is 0.00814. The largest absolute Gasteiger partial charge is 0.486 e. The van der Waals surface area contributed by atoms with Gasteiger partial charge in [0.2, 0.25) is 0 Å². The topological polar surface area (TPSA) is 50.7 Å². The number of amides is 1. The Bertz CT molecular complexity index is 1110. The number of amidine groups is 1. The van der Waals surface area contributed by atoms with Crippen LogP contribution in [-0.2, 0) is 19.0 Å². The van der Waals surface area contributed by atoms with E-state index in [0.717, 1.165) is 23.9 Å². The highest BCUT2D eigenvalue weighted by Gasteiger charge is 2.38. The summed E-state index contributed by atoms with van der Waals surface area (Å²) in [6.07, 6.45) is -8.53. The number of rotatable bonds is 4. The number of aliphatic imine (C=N–C) groups is 1. The van der Waals surface area contributed by atoms with Gasteiger partial charge in [-0.3, -0.25) is 4.79 Å². The molecule has 0 unspecified atom stereocenters. The van der Waals surface area contributed by atoms with Crippen LogP contribution in [0, 0.1) is 5.82 Å². The average molecular weight is 478 g/mol. The van der Waals surface area contributed by atoms with Gasteiger partial charge in [-0.25, -0.2) is 4.39 Å². The fraction of sp³-hybridized carbons (Fsp3) is 0.200. The lowest BCUT2D eigenvalue weighted by atomic mass is 10.0. The lowest BCUT2D eigenvalue weighted by molar-refractivity contribution is -0.143. The Kier molecular flexibility index (Phi) is 6.54. The Morgan fingerprint density at radius 2 is 1.78 bits per heavy atom. The standard InChI is InChI=1S/C20H13F7N2O2S/c1-28-17-16(32-18(30)29-17)7-10-2-5-15(14(21)6-10)31-9-11-3-4-12(19(22,23)24)8-13(11)20(25,26)27/h2-8H,9H2,1H3,(H,28,29,30). The molecular formula is C20H13F7N2O2S. The summed E-state index contributed by atoms with van der Waals surface area (Å²) < 4.78 is 97.4. The van der Waals surface area contributed by atoms with E-state index in [4.69, 9.17) is 4.74 Å². The number of likely N-dealkylation sites (N-methyl/N-ethyl adjacent to an activating group) is 1. The molecule has 4 nitrogen and oxygen atoms in total. The molecule has 2 aromatic rings. The molecule has 0 saturated heterocycles. The summed E-state index contributed by atoms with van der Waals surface area (Å²) in [5.41, 5.74) is -3.21. The van der Waals surface area contributed by atoms with E-state index in [0.29, 0.717) is 28.4 Å². The summed E-state index contributed by atoms with van der Waals surface area (Å²) in [6, 6.07) is 4.74. The normalized spacial score (nSPS) is 15.8. The second-order valence-electron chi connectivity index (χ2n) is 6.43. The van der Waals surface area contributed by atoms with Crippen molar-refractivity contribution in [2.24, 2.45) is 4.99 Å². The zero-order chi connectivity index (χ0) is 23.7. The maximum absolute atomic E-state index is 14.4. The van der Waals surface area contributed by atoms with E-state index < -0.39 is 52.5 Å². The smallest absolute Gasteiger partial charge is 0.416 e. The lowest BCUT2D eigenvalue weighted by Crippen LogP contribution is -2.16. The number of halogens is 7. The number of nitrogens with zero attached hydrogens (tertiary/aromatic N) is 1. The molecule has 0 spiro atoms. The fourth-order valence-corrected chi connectivity index (χ4v) is 3.53. The first-order chi connectivity index (χ1) is 14.9. The molecule has 0 atom stereocenters. The van der Waals surface area contributed by atoms with E-state index >= 15 is 0 Å². The van der Waals surface area contributed by atoms with Crippen LogP contribution in [0.25, 0.3) is 6.08 Å². The molecule has 0 radical (unpaired) electrons. The Balaban J connectivity index is 1.81. The Morgan fingerprint density at radius 3 is 2.38 bits per heavy atom. The van der Waals surface area contributed by atoms with E-state index in [2.05, 4.69) is 10.3 Å². The van der Waals surface area contributed by atoms with Crippen molar-refractivity contribution in [2.45, 2.75) is 19.0 Å². The maximum Gasteiger partial charge on any atom is 0.416 e. The number of carbonyl (C=O) groups excluding carboxylic acids is 1. The highest BCUT2D eigenvalue weighted by atomic mass is 32.2. The highest BCUT2D eigenvalue weighted by Crippen LogP contribution is 2.38. The van der Waals surface area contributed by atoms with Crippen LogP contribution in [0.5, 0.6) is 5.75 Å². The third-order valence-corrected chi connectivity index (χ3v) is 5.05. The summed E-state index contributed by atoms with van der Waals surface area (Å²) in [7, 11) is 1.56. The summed E-state index contributed by atoms with van der Waals surface area (Å²) in [4.78, 5) is 15.6. The fourth-order valence-electron chi connectivity index (χ4n) is 2.76. The van der Waals surface area contributed by atoms with Crippen molar-refractivity contribution < 1.29 is 40.3 Å². The average Bonchev–Trinajstić information content (AvgIpc) is 3.05. The van der Waals surface area contributed by atoms with Gasteiger partial charge in [-0.15, -0.1) is 0 Å². The molecular weight excluding hydrogens is 465 g/mol. The van der Waals surface area contributed by atoms with Gasteiger partial charge in [-0.2, -0.15) is 31.3 Å². The van der Waals surface area contributed by atoms with Crippen LogP contribution in [0.15, 0.2) is 46.3 Å². The van der Waals surface area contributed by atoms with Gasteiger partial charge < -0.3 is 10.1 Å². The molecule has 32 heavy (non-hydrogen) atoms. The van der Waals surface area contributed by atoms with Crippen LogP contribution in [0.2, 0.25) is 0 Å². The van der Waals surface area contributed by atoms with Crippen LogP contribution in [0.3, 0.4) is 0 Å². The van der Waals surface area contributed by atoms with Crippen molar-refractivity contribution in [2.75, 3.05) is 7.05 Å². The highest BCUT2D eigenvalue weighted by molar-refractivity contribution is 8.18. The number of carbonyl (C=O) groups is 1. The molecule has 0 saturated carbocycles. The molecule has 1 aliphatic heterocycles. The number of thioether (sulfide) groups is 1. The third kappa shape index (κ3) is 5.42. The van der Waals surface area contributed by atoms with Crippen molar-refractivity contribution in [3.8, 4) is 5.75 Å². The quantitative estimate of drug-likeness (QED) is 0.527. The number of hydrogen-bond acceptors (Lipinski definition) is 4. The number of hydrogen-bond donors (Lipinski definition) is 1. The zero-order valence-corrected chi connectivity index (χ0v) is 16.9. The first kappa shape index (κ1) is 23.6. The first-order valence-electron chi connectivity index (χ1n) is 8.78. The van der Waals surface area contributed by atoms with E-state index in [1.54, 1.807) is 7.05 Å². The van der Waals surface area contributed by atoms with Gasteiger partial charge in [0.15, 0.2) is 11.6 Å². The van der Waals surface area contributed by atoms with Gasteiger partial charge in [0.1, 0.15) is 12.4 Å². The number of benzene rings is 2. The Morgan fingerprint density at radius 1 is 1.06 bits per heavy atom. The van der Waals surface area contributed by atoms with Crippen LogP contribution in [0.1, 0.15) is 22.3 Å². The van der Waals surface area contributed by atoms with Crippen LogP contribution < -0.4 is 10.1 Å². The summed E-state index contributed by atoms with van der Waals surface area (Å²) in [5, 5.41) is 2.27. The van der Waals surface area contributed by atoms with Gasteiger partial charge >= 0.3 is 17.6 Å². The van der Waals surface area contributed by atoms with Gasteiger partial charge in [0.25, 0.3) is 0 Å². The van der Waals surface area contributed by atoms with Crippen molar-refractivity contribution in [1.82, 2.24) is 5.32 Å².